The summed E-state index contributed by atoms with van der Waals surface area (Å²) in [7, 11) is 0. The van der Waals surface area contributed by atoms with Crippen LogP contribution in [0.4, 0.5) is 28.8 Å². The van der Waals surface area contributed by atoms with Gasteiger partial charge in [-0.3, -0.25) is 0 Å². The molecule has 0 rings (SSSR count). The molecule has 0 fully saturated rings. The Morgan fingerprint density at radius 2 is 0.526 bits per heavy atom. The van der Waals surface area contributed by atoms with Crippen molar-refractivity contribution in [2.24, 2.45) is 0 Å². The Morgan fingerprint density at radius 3 is 0.526 bits per heavy atom. The summed E-state index contributed by atoms with van der Waals surface area (Å²) in [5.41, 5.74) is 0. The van der Waals surface area contributed by atoms with E-state index in [2.05, 4.69) is 0 Å². The zero-order valence-electron chi connectivity index (χ0n) is 8.54. The fraction of sp³-hybridized carbons (Fsp3) is 0. The van der Waals surface area contributed by atoms with E-state index in [4.69, 9.17) is 30.6 Å². The molecule has 0 heterocycles. The maximum atomic E-state index is 11.1. The van der Waals surface area contributed by atoms with E-state index in [0.717, 1.165) is 0 Å². The van der Waals surface area contributed by atoms with Crippen LogP contribution in [0.5, 0.6) is 0 Å². The molecule has 0 aromatic rings. The fourth-order valence-electron chi connectivity index (χ4n) is 1.12. The molecule has 0 aromatic heterocycles. The van der Waals surface area contributed by atoms with Crippen LogP contribution in [-0.2, 0) is 13.6 Å². The van der Waals surface area contributed by atoms with Gasteiger partial charge in [0.15, 0.2) is 0 Å². The normalized spacial score (nSPS) is 14.5. The maximum absolute atomic E-state index is 11.1. The van der Waals surface area contributed by atoms with Crippen LogP contribution in [-0.4, -0.2) is 56.8 Å². The van der Waals surface area contributed by atoms with E-state index in [9.17, 15) is 28.8 Å². The van der Waals surface area contributed by atoms with E-state index in [0.29, 0.717) is 0 Å². The molecule has 0 saturated carbocycles. The van der Waals surface area contributed by atoms with Gasteiger partial charge in [0.1, 0.15) is 0 Å². The number of hydrogen-bond acceptors (Lipinski definition) is 6. The van der Waals surface area contributed by atoms with Gasteiger partial charge in [-0.1, -0.05) is 0 Å². The van der Waals surface area contributed by atoms with Crippen LogP contribution >= 0.6 is 0 Å². The van der Waals surface area contributed by atoms with Crippen molar-refractivity contribution < 1.29 is 73.0 Å². The van der Waals surface area contributed by atoms with E-state index in [-0.39, 0.29) is 0 Å². The summed E-state index contributed by atoms with van der Waals surface area (Å²) < 4.78 is -20.6. The number of carboxylic acid groups (broad SMARTS) is 6. The van der Waals surface area contributed by atoms with Crippen LogP contribution in [0.25, 0.3) is 0 Å². The van der Waals surface area contributed by atoms with Gasteiger partial charge < -0.3 is 0 Å². The average molecular weight is 366 g/mol. The van der Waals surface area contributed by atoms with Crippen molar-refractivity contribution in [2.75, 3.05) is 0 Å². The Morgan fingerprint density at radius 1 is 0.421 bits per heavy atom. The van der Waals surface area contributed by atoms with Gasteiger partial charge in [-0.25, -0.2) is 0 Å². The Labute approximate surface area is 99.5 Å². The quantitative estimate of drug-likeness (QED) is 0.366. The summed E-state index contributed by atoms with van der Waals surface area (Å²) >= 11 is -9.91. The van der Waals surface area contributed by atoms with Gasteiger partial charge in [0.05, 0.1) is 0 Å². The van der Waals surface area contributed by atoms with Crippen molar-refractivity contribution in [1.29, 1.82) is 0 Å². The van der Waals surface area contributed by atoms with Crippen molar-refractivity contribution >= 4 is 26.2 Å². The first-order valence-corrected chi connectivity index (χ1v) is 9.81. The Hall–Kier alpha value is -2.49. The fourth-order valence-corrected chi connectivity index (χ4v) is 6.63. The van der Waals surface area contributed by atoms with Gasteiger partial charge in [0.2, 0.25) is 0 Å². The third-order valence-corrected chi connectivity index (χ3v) is 15.5. The first kappa shape index (κ1) is 16.5. The van der Waals surface area contributed by atoms with E-state index in [1.165, 1.54) is 0 Å². The van der Waals surface area contributed by atoms with Crippen molar-refractivity contribution in [1.82, 2.24) is 0 Å². The van der Waals surface area contributed by atoms with Crippen LogP contribution in [0.3, 0.4) is 0 Å². The standard InChI is InChI=1S/6CHO2.Mo/c6*2-1-3;/h6*(H,2,3);. The third kappa shape index (κ3) is 0.856. The number of rotatable bonds is 6. The van der Waals surface area contributed by atoms with Crippen molar-refractivity contribution in [3.63, 3.8) is 0 Å². The zero-order valence-corrected chi connectivity index (χ0v) is 10.5. The van der Waals surface area contributed by atoms with Crippen molar-refractivity contribution in [2.45, 2.75) is 0 Å². The molecule has 13 heteroatoms. The molecule has 0 radical (unpaired) electrons. The summed E-state index contributed by atoms with van der Waals surface area (Å²) in [6.07, 6.45) is 0. The van der Waals surface area contributed by atoms with Crippen molar-refractivity contribution in [3.8, 4) is 0 Å². The first-order chi connectivity index (χ1) is 8.34. The second kappa shape index (κ2) is 3.51. The molecule has 0 amide bonds. The zero-order chi connectivity index (χ0) is 15.9. The van der Waals surface area contributed by atoms with Gasteiger partial charge in [0.25, 0.3) is 0 Å². The van der Waals surface area contributed by atoms with Gasteiger partial charge >= 0.3 is 99.1 Å². The number of carbonyl (C=O) groups is 6. The first-order valence-electron chi connectivity index (χ1n) is 3.79. The monoisotopic (exact) mass is 368 g/mol. The molecule has 12 nitrogen and oxygen atoms in total. The molecule has 19 heavy (non-hydrogen) atoms. The minimum absolute atomic E-state index is 3.44. The van der Waals surface area contributed by atoms with Gasteiger partial charge in [-0.15, -0.1) is 0 Å². The predicted molar refractivity (Wildman–Crippen MR) is 48.1 cm³/mol. The summed E-state index contributed by atoms with van der Waals surface area (Å²) in [6, 6.07) is 0. The minimum atomic E-state index is -9.91. The molecule has 0 aromatic carbocycles. The molecule has 0 bridgehead atoms. The van der Waals surface area contributed by atoms with E-state index in [1.54, 1.807) is 0 Å². The molecule has 0 aliphatic rings. The van der Waals surface area contributed by atoms with Crippen LogP contribution in [0.15, 0.2) is 0 Å². The molecule has 0 aliphatic heterocycles. The Bertz CT molecular complexity index is 425. The van der Waals surface area contributed by atoms with Gasteiger partial charge in [-0.2, -0.15) is 0 Å². The average Bonchev–Trinajstić information content (AvgIpc) is 2.15. The molecule has 6 N–H and O–H groups in total. The Balaban J connectivity index is 8.00. The molecular weight excluding hydrogens is 360 g/mol. The van der Waals surface area contributed by atoms with Crippen LogP contribution < -0.4 is 0 Å². The summed E-state index contributed by atoms with van der Waals surface area (Å²) in [6.45, 7) is 0. The Kier molecular flexibility index (Phi) is 3.05. The van der Waals surface area contributed by atoms with Gasteiger partial charge in [0, 0.05) is 0 Å². The molecular formula is C6H6MoO12. The second-order valence-corrected chi connectivity index (χ2v) is 15.8. The topological polar surface area (TPSA) is 224 Å². The molecule has 108 valence electrons. The number of hydrogen-bond donors (Lipinski definition) is 6. The third-order valence-electron chi connectivity index (χ3n) is 2.62. The summed E-state index contributed by atoms with van der Waals surface area (Å²) in [5.74, 6) is 0. The van der Waals surface area contributed by atoms with E-state index >= 15 is 0 Å². The summed E-state index contributed by atoms with van der Waals surface area (Å²) in [4.78, 5) is 66.3. The van der Waals surface area contributed by atoms with Crippen LogP contribution in [0, 0.1) is 0 Å². The van der Waals surface area contributed by atoms with E-state index in [1.807, 2.05) is 0 Å². The van der Waals surface area contributed by atoms with E-state index < -0.39 is 39.7 Å². The molecule has 0 spiro atoms. The second-order valence-electron chi connectivity index (χ2n) is 3.13. The predicted octanol–water partition coefficient (Wildman–Crippen LogP) is 1.28. The van der Waals surface area contributed by atoms with Gasteiger partial charge in [-0.05, 0) is 0 Å². The molecule has 0 saturated heterocycles. The van der Waals surface area contributed by atoms with Crippen molar-refractivity contribution in [3.05, 3.63) is 0 Å². The van der Waals surface area contributed by atoms with Crippen LogP contribution in [0.1, 0.15) is 0 Å². The molecule has 0 atom stereocenters. The summed E-state index contributed by atoms with van der Waals surface area (Å²) in [5, 5.41) is 52.5. The van der Waals surface area contributed by atoms with Crippen LogP contribution in [0.2, 0.25) is 0 Å². The molecule has 0 aliphatic carbocycles. The molecule has 0 unspecified atom stereocenters. The SMILES string of the molecule is O=[C](O)[Mo]([C](=O)O)([C](=O)O)([C](=O)O)([C](=O)O)[C](=O)O.